The Morgan fingerprint density at radius 3 is 2.92 bits per heavy atom. The number of aromatic amines is 1. The molecule has 3 aromatic rings. The summed E-state index contributed by atoms with van der Waals surface area (Å²) in [7, 11) is 0. The molecule has 2 aromatic heterocycles. The highest BCUT2D eigenvalue weighted by atomic mass is 16.2. The smallest absolute Gasteiger partial charge is 0.278 e. The van der Waals surface area contributed by atoms with Gasteiger partial charge in [-0.25, -0.2) is 9.67 Å². The SMILES string of the molecule is Cc1c(C(=O)Nc2cccc(-c3ncc[nH]3)c2)nnn1C1CCNCC1. The van der Waals surface area contributed by atoms with Crippen molar-refractivity contribution in [1.29, 1.82) is 0 Å². The zero-order valence-corrected chi connectivity index (χ0v) is 14.6. The van der Waals surface area contributed by atoms with Crippen LogP contribution in [0, 0.1) is 6.92 Å². The first-order valence-electron chi connectivity index (χ1n) is 8.76. The molecule has 1 amide bonds. The summed E-state index contributed by atoms with van der Waals surface area (Å²) in [5, 5.41) is 14.6. The molecule has 134 valence electrons. The summed E-state index contributed by atoms with van der Waals surface area (Å²) in [5.74, 6) is 0.508. The van der Waals surface area contributed by atoms with E-state index in [1.54, 1.807) is 12.4 Å². The number of amides is 1. The summed E-state index contributed by atoms with van der Waals surface area (Å²) < 4.78 is 1.88. The van der Waals surface area contributed by atoms with Crippen LogP contribution in [0.1, 0.15) is 35.1 Å². The third kappa shape index (κ3) is 3.23. The van der Waals surface area contributed by atoms with Crippen molar-refractivity contribution in [3.63, 3.8) is 0 Å². The number of carbonyl (C=O) groups excluding carboxylic acids is 1. The van der Waals surface area contributed by atoms with Crippen LogP contribution in [0.5, 0.6) is 0 Å². The number of H-pyrrole nitrogens is 1. The predicted octanol–water partition coefficient (Wildman–Crippen LogP) is 2.15. The van der Waals surface area contributed by atoms with Crippen molar-refractivity contribution in [1.82, 2.24) is 30.3 Å². The van der Waals surface area contributed by atoms with Gasteiger partial charge in [-0.05, 0) is 45.0 Å². The lowest BCUT2D eigenvalue weighted by Gasteiger charge is -2.23. The largest absolute Gasteiger partial charge is 0.345 e. The fourth-order valence-corrected chi connectivity index (χ4v) is 3.31. The van der Waals surface area contributed by atoms with Gasteiger partial charge in [-0.15, -0.1) is 5.10 Å². The number of imidazole rings is 1. The van der Waals surface area contributed by atoms with Crippen molar-refractivity contribution in [3.8, 4) is 11.4 Å². The molecule has 0 radical (unpaired) electrons. The molecule has 0 saturated carbocycles. The van der Waals surface area contributed by atoms with E-state index in [-0.39, 0.29) is 5.91 Å². The highest BCUT2D eigenvalue weighted by molar-refractivity contribution is 6.03. The van der Waals surface area contributed by atoms with Gasteiger partial charge >= 0.3 is 0 Å². The molecule has 26 heavy (non-hydrogen) atoms. The number of benzene rings is 1. The Bertz CT molecular complexity index is 894. The van der Waals surface area contributed by atoms with E-state index in [9.17, 15) is 4.79 Å². The molecule has 1 saturated heterocycles. The van der Waals surface area contributed by atoms with E-state index in [2.05, 4.69) is 30.9 Å². The summed E-state index contributed by atoms with van der Waals surface area (Å²) in [6.45, 7) is 3.83. The molecule has 4 rings (SSSR count). The number of anilines is 1. The van der Waals surface area contributed by atoms with E-state index in [1.165, 1.54) is 0 Å². The lowest BCUT2D eigenvalue weighted by Crippen LogP contribution is -2.30. The highest BCUT2D eigenvalue weighted by Gasteiger charge is 2.23. The fraction of sp³-hybridized carbons (Fsp3) is 0.333. The fourth-order valence-electron chi connectivity index (χ4n) is 3.31. The van der Waals surface area contributed by atoms with Crippen LogP contribution in [0.25, 0.3) is 11.4 Å². The van der Waals surface area contributed by atoms with Crippen LogP contribution in [0.3, 0.4) is 0 Å². The van der Waals surface area contributed by atoms with Gasteiger partial charge in [-0.2, -0.15) is 0 Å². The van der Waals surface area contributed by atoms with Crippen LogP contribution >= 0.6 is 0 Å². The van der Waals surface area contributed by atoms with Gasteiger partial charge in [0.05, 0.1) is 11.7 Å². The Morgan fingerprint density at radius 2 is 2.15 bits per heavy atom. The molecule has 0 atom stereocenters. The van der Waals surface area contributed by atoms with Gasteiger partial charge in [-0.1, -0.05) is 17.3 Å². The minimum absolute atomic E-state index is 0.251. The molecule has 8 heteroatoms. The van der Waals surface area contributed by atoms with E-state index in [4.69, 9.17) is 0 Å². The molecule has 1 aliphatic heterocycles. The van der Waals surface area contributed by atoms with Crippen LogP contribution in [0.15, 0.2) is 36.7 Å². The van der Waals surface area contributed by atoms with Crippen molar-refractivity contribution >= 4 is 11.6 Å². The van der Waals surface area contributed by atoms with E-state index in [0.29, 0.717) is 17.4 Å². The summed E-state index contributed by atoms with van der Waals surface area (Å²) in [5.41, 5.74) is 2.77. The second kappa shape index (κ2) is 7.09. The number of rotatable bonds is 4. The maximum absolute atomic E-state index is 12.7. The molecule has 0 aliphatic carbocycles. The van der Waals surface area contributed by atoms with Crippen LogP contribution in [-0.2, 0) is 0 Å². The quantitative estimate of drug-likeness (QED) is 0.669. The van der Waals surface area contributed by atoms with Crippen LogP contribution in [-0.4, -0.2) is 44.0 Å². The molecular weight excluding hydrogens is 330 g/mol. The van der Waals surface area contributed by atoms with Crippen LogP contribution in [0.2, 0.25) is 0 Å². The van der Waals surface area contributed by atoms with E-state index < -0.39 is 0 Å². The summed E-state index contributed by atoms with van der Waals surface area (Å²) in [6, 6.07) is 7.84. The number of nitrogens with zero attached hydrogens (tertiary/aromatic N) is 4. The van der Waals surface area contributed by atoms with Crippen LogP contribution < -0.4 is 10.6 Å². The summed E-state index contributed by atoms with van der Waals surface area (Å²) in [4.78, 5) is 20.0. The normalized spacial score (nSPS) is 15.1. The Kier molecular flexibility index (Phi) is 4.49. The first kappa shape index (κ1) is 16.5. The average molecular weight is 351 g/mol. The van der Waals surface area contributed by atoms with E-state index in [0.717, 1.165) is 43.0 Å². The van der Waals surface area contributed by atoms with Gasteiger partial charge in [0.15, 0.2) is 5.69 Å². The van der Waals surface area contributed by atoms with Gasteiger partial charge in [0, 0.05) is 23.6 Å². The Hall–Kier alpha value is -3.00. The maximum Gasteiger partial charge on any atom is 0.278 e. The van der Waals surface area contributed by atoms with Gasteiger partial charge in [0.1, 0.15) is 5.82 Å². The van der Waals surface area contributed by atoms with Crippen molar-refractivity contribution in [2.24, 2.45) is 0 Å². The Balaban J connectivity index is 1.52. The summed E-state index contributed by atoms with van der Waals surface area (Å²) in [6.07, 6.45) is 5.46. The average Bonchev–Trinajstić information content (AvgIpc) is 3.32. The third-order valence-electron chi connectivity index (χ3n) is 4.69. The molecule has 1 aromatic carbocycles. The topological polar surface area (TPSA) is 101 Å². The van der Waals surface area contributed by atoms with E-state index in [1.807, 2.05) is 35.9 Å². The number of hydrogen-bond donors (Lipinski definition) is 3. The number of nitrogens with one attached hydrogen (secondary N) is 3. The summed E-state index contributed by atoms with van der Waals surface area (Å²) >= 11 is 0. The molecule has 0 spiro atoms. The Morgan fingerprint density at radius 1 is 1.31 bits per heavy atom. The second-order valence-electron chi connectivity index (χ2n) is 6.42. The second-order valence-corrected chi connectivity index (χ2v) is 6.42. The molecule has 0 unspecified atom stereocenters. The number of aromatic nitrogens is 5. The molecule has 8 nitrogen and oxygen atoms in total. The monoisotopic (exact) mass is 351 g/mol. The van der Waals surface area contributed by atoms with Crippen molar-refractivity contribution < 1.29 is 4.79 Å². The zero-order valence-electron chi connectivity index (χ0n) is 14.6. The molecule has 1 fully saturated rings. The molecule has 0 bridgehead atoms. The van der Waals surface area contributed by atoms with Gasteiger partial charge in [-0.3, -0.25) is 4.79 Å². The van der Waals surface area contributed by atoms with Gasteiger partial charge < -0.3 is 15.6 Å². The van der Waals surface area contributed by atoms with Gasteiger partial charge in [0.2, 0.25) is 0 Å². The van der Waals surface area contributed by atoms with Crippen molar-refractivity contribution in [3.05, 3.63) is 48.0 Å². The predicted molar refractivity (Wildman–Crippen MR) is 97.9 cm³/mol. The maximum atomic E-state index is 12.7. The number of piperidine rings is 1. The van der Waals surface area contributed by atoms with Crippen molar-refractivity contribution in [2.45, 2.75) is 25.8 Å². The lowest BCUT2D eigenvalue weighted by atomic mass is 10.1. The minimum Gasteiger partial charge on any atom is -0.345 e. The minimum atomic E-state index is -0.251. The third-order valence-corrected chi connectivity index (χ3v) is 4.69. The van der Waals surface area contributed by atoms with Crippen LogP contribution in [0.4, 0.5) is 5.69 Å². The zero-order chi connectivity index (χ0) is 17.9. The molecule has 1 aliphatic rings. The number of hydrogen-bond acceptors (Lipinski definition) is 5. The molecular formula is C18H21N7O. The first-order valence-corrected chi connectivity index (χ1v) is 8.76. The van der Waals surface area contributed by atoms with Crippen molar-refractivity contribution in [2.75, 3.05) is 18.4 Å². The van der Waals surface area contributed by atoms with Gasteiger partial charge in [0.25, 0.3) is 5.91 Å². The molecule has 3 heterocycles. The standard InChI is InChI=1S/C18H21N7O/c1-12-16(23-24-25(12)15-5-7-19-8-6-15)18(26)22-14-4-2-3-13(11-14)17-20-9-10-21-17/h2-4,9-11,15,19H,5-8H2,1H3,(H,20,21)(H,22,26). The van der Waals surface area contributed by atoms with E-state index >= 15 is 0 Å². The molecule has 3 N–H and O–H groups in total. The first-order chi connectivity index (χ1) is 12.7. The Labute approximate surface area is 151 Å². The lowest BCUT2D eigenvalue weighted by molar-refractivity contribution is 0.102. The highest BCUT2D eigenvalue weighted by Crippen LogP contribution is 2.22. The number of carbonyl (C=O) groups is 1.